The molecule has 124 valence electrons. The third-order valence-corrected chi connectivity index (χ3v) is 3.60. The number of nitriles is 1. The first-order valence-electron chi connectivity index (χ1n) is 7.42. The predicted octanol–water partition coefficient (Wildman–Crippen LogP) is 3.51. The molecule has 2 aromatic rings. The summed E-state index contributed by atoms with van der Waals surface area (Å²) in [4.78, 5) is 12.2. The quantitative estimate of drug-likeness (QED) is 0.882. The standard InChI is InChI=1S/C18H17F2N3O/c1-11(16-8-5-14(19)9-17(16)20)22-12(2)18(24)23-15-6-3-13(10-21)4-7-15/h3-9,11-12,22H,1-2H3,(H,23,24)/t11-,12+/m0/s1. The molecule has 0 radical (unpaired) electrons. The zero-order valence-electron chi connectivity index (χ0n) is 13.3. The van der Waals surface area contributed by atoms with Crippen molar-refractivity contribution < 1.29 is 13.6 Å². The fourth-order valence-corrected chi connectivity index (χ4v) is 2.27. The highest BCUT2D eigenvalue weighted by Gasteiger charge is 2.18. The number of amides is 1. The minimum absolute atomic E-state index is 0.287. The van der Waals surface area contributed by atoms with E-state index >= 15 is 0 Å². The van der Waals surface area contributed by atoms with Crippen LogP contribution in [0.5, 0.6) is 0 Å². The van der Waals surface area contributed by atoms with Crippen LogP contribution < -0.4 is 10.6 Å². The van der Waals surface area contributed by atoms with Gasteiger partial charge >= 0.3 is 0 Å². The van der Waals surface area contributed by atoms with E-state index in [-0.39, 0.29) is 11.5 Å². The van der Waals surface area contributed by atoms with Crippen molar-refractivity contribution in [1.82, 2.24) is 5.32 Å². The highest BCUT2D eigenvalue weighted by Crippen LogP contribution is 2.18. The van der Waals surface area contributed by atoms with Gasteiger partial charge in [0, 0.05) is 23.4 Å². The van der Waals surface area contributed by atoms with E-state index in [2.05, 4.69) is 10.6 Å². The summed E-state index contributed by atoms with van der Waals surface area (Å²) in [7, 11) is 0. The third kappa shape index (κ3) is 4.37. The molecule has 1 amide bonds. The summed E-state index contributed by atoms with van der Waals surface area (Å²) in [5, 5.41) is 14.4. The van der Waals surface area contributed by atoms with Crippen molar-refractivity contribution in [2.75, 3.05) is 5.32 Å². The highest BCUT2D eigenvalue weighted by atomic mass is 19.1. The Hall–Kier alpha value is -2.78. The zero-order chi connectivity index (χ0) is 17.7. The maximum Gasteiger partial charge on any atom is 0.241 e. The van der Waals surface area contributed by atoms with Gasteiger partial charge in [-0.1, -0.05) is 6.07 Å². The second kappa shape index (κ2) is 7.66. The van der Waals surface area contributed by atoms with Crippen LogP contribution in [0.2, 0.25) is 0 Å². The average Bonchev–Trinajstić information content (AvgIpc) is 2.55. The van der Waals surface area contributed by atoms with Gasteiger partial charge in [-0.05, 0) is 44.2 Å². The van der Waals surface area contributed by atoms with E-state index in [9.17, 15) is 13.6 Å². The van der Waals surface area contributed by atoms with Gasteiger partial charge in [0.05, 0.1) is 17.7 Å². The first-order chi connectivity index (χ1) is 11.4. The molecule has 0 unspecified atom stereocenters. The van der Waals surface area contributed by atoms with Crippen molar-refractivity contribution in [3.8, 4) is 6.07 Å². The summed E-state index contributed by atoms with van der Waals surface area (Å²) in [5.74, 6) is -1.60. The maximum atomic E-state index is 13.8. The Kier molecular flexibility index (Phi) is 5.61. The molecular weight excluding hydrogens is 312 g/mol. The van der Waals surface area contributed by atoms with Gasteiger partial charge in [0.1, 0.15) is 11.6 Å². The Morgan fingerprint density at radius 1 is 1.12 bits per heavy atom. The number of halogens is 2. The summed E-state index contributed by atoms with van der Waals surface area (Å²) in [6, 6.07) is 10.7. The smallest absolute Gasteiger partial charge is 0.241 e. The van der Waals surface area contributed by atoms with Crippen molar-refractivity contribution in [3.05, 3.63) is 65.2 Å². The molecule has 0 heterocycles. The minimum atomic E-state index is -0.658. The van der Waals surface area contributed by atoms with Crippen LogP contribution in [0.15, 0.2) is 42.5 Å². The second-order valence-corrected chi connectivity index (χ2v) is 5.45. The van der Waals surface area contributed by atoms with Crippen molar-refractivity contribution in [2.24, 2.45) is 0 Å². The number of hydrogen-bond acceptors (Lipinski definition) is 3. The van der Waals surface area contributed by atoms with Crippen LogP contribution in [0.1, 0.15) is 31.0 Å². The topological polar surface area (TPSA) is 64.9 Å². The van der Waals surface area contributed by atoms with Crippen LogP contribution in [-0.4, -0.2) is 11.9 Å². The number of carbonyl (C=O) groups excluding carboxylic acids is 1. The largest absolute Gasteiger partial charge is 0.325 e. The maximum absolute atomic E-state index is 13.8. The summed E-state index contributed by atoms with van der Waals surface area (Å²) in [6.45, 7) is 3.35. The molecule has 2 aromatic carbocycles. The van der Waals surface area contributed by atoms with Crippen LogP contribution in [0, 0.1) is 23.0 Å². The molecule has 0 bridgehead atoms. The molecule has 24 heavy (non-hydrogen) atoms. The molecule has 0 aliphatic carbocycles. The van der Waals surface area contributed by atoms with Gasteiger partial charge in [-0.25, -0.2) is 8.78 Å². The molecular formula is C18H17F2N3O. The molecule has 0 saturated carbocycles. The van der Waals surface area contributed by atoms with Crippen molar-refractivity contribution >= 4 is 11.6 Å². The monoisotopic (exact) mass is 329 g/mol. The van der Waals surface area contributed by atoms with Gasteiger partial charge in [-0.15, -0.1) is 0 Å². The first kappa shape index (κ1) is 17.6. The second-order valence-electron chi connectivity index (χ2n) is 5.45. The van der Waals surface area contributed by atoms with Crippen LogP contribution >= 0.6 is 0 Å². The van der Waals surface area contributed by atoms with E-state index in [0.29, 0.717) is 11.3 Å². The van der Waals surface area contributed by atoms with Gasteiger partial charge in [0.2, 0.25) is 5.91 Å². The van der Waals surface area contributed by atoms with E-state index in [1.54, 1.807) is 38.1 Å². The molecule has 2 rings (SSSR count). The summed E-state index contributed by atoms with van der Waals surface area (Å²) >= 11 is 0. The van der Waals surface area contributed by atoms with Gasteiger partial charge < -0.3 is 5.32 Å². The fourth-order valence-electron chi connectivity index (χ4n) is 2.27. The van der Waals surface area contributed by atoms with E-state index in [1.165, 1.54) is 12.1 Å². The van der Waals surface area contributed by atoms with Gasteiger partial charge in [0.15, 0.2) is 0 Å². The number of rotatable bonds is 5. The van der Waals surface area contributed by atoms with Gasteiger partial charge in [-0.2, -0.15) is 5.26 Å². The third-order valence-electron chi connectivity index (χ3n) is 3.60. The highest BCUT2D eigenvalue weighted by molar-refractivity contribution is 5.94. The molecule has 0 aliphatic rings. The summed E-state index contributed by atoms with van der Waals surface area (Å²) < 4.78 is 26.7. The predicted molar refractivity (Wildman–Crippen MR) is 87.2 cm³/mol. The molecule has 0 fully saturated rings. The zero-order valence-corrected chi connectivity index (χ0v) is 13.3. The van der Waals surface area contributed by atoms with Crippen LogP contribution in [0.25, 0.3) is 0 Å². The van der Waals surface area contributed by atoms with E-state index < -0.39 is 23.7 Å². The molecule has 0 aromatic heterocycles. The van der Waals surface area contributed by atoms with Gasteiger partial charge in [0.25, 0.3) is 0 Å². The van der Waals surface area contributed by atoms with Crippen LogP contribution in [0.3, 0.4) is 0 Å². The van der Waals surface area contributed by atoms with E-state index in [0.717, 1.165) is 6.07 Å². The number of nitrogens with zero attached hydrogens (tertiary/aromatic N) is 1. The number of nitrogens with one attached hydrogen (secondary N) is 2. The lowest BCUT2D eigenvalue weighted by Gasteiger charge is -2.20. The first-order valence-corrected chi connectivity index (χ1v) is 7.42. The molecule has 4 nitrogen and oxygen atoms in total. The Bertz CT molecular complexity index is 769. The van der Waals surface area contributed by atoms with Gasteiger partial charge in [-0.3, -0.25) is 10.1 Å². The van der Waals surface area contributed by atoms with Crippen LogP contribution in [-0.2, 0) is 4.79 Å². The normalized spacial score (nSPS) is 13.0. The molecule has 6 heteroatoms. The minimum Gasteiger partial charge on any atom is -0.325 e. The lowest BCUT2D eigenvalue weighted by atomic mass is 10.1. The molecule has 0 spiro atoms. The fraction of sp³-hybridized carbons (Fsp3) is 0.222. The Labute approximate surface area is 139 Å². The Morgan fingerprint density at radius 3 is 2.38 bits per heavy atom. The van der Waals surface area contributed by atoms with Crippen molar-refractivity contribution in [1.29, 1.82) is 5.26 Å². The average molecular weight is 329 g/mol. The lowest BCUT2D eigenvalue weighted by Crippen LogP contribution is -2.39. The SMILES string of the molecule is C[C@H](N[C@H](C)C(=O)Nc1ccc(C#N)cc1)c1ccc(F)cc1F. The van der Waals surface area contributed by atoms with E-state index in [4.69, 9.17) is 5.26 Å². The number of hydrogen-bond donors (Lipinski definition) is 2. The summed E-state index contributed by atoms with van der Waals surface area (Å²) in [6.07, 6.45) is 0. The summed E-state index contributed by atoms with van der Waals surface area (Å²) in [5.41, 5.74) is 1.35. The lowest BCUT2D eigenvalue weighted by molar-refractivity contribution is -0.117. The van der Waals surface area contributed by atoms with E-state index in [1.807, 2.05) is 6.07 Å². The number of anilines is 1. The molecule has 0 aliphatic heterocycles. The molecule has 2 atom stereocenters. The molecule has 2 N–H and O–H groups in total. The van der Waals surface area contributed by atoms with Crippen molar-refractivity contribution in [3.63, 3.8) is 0 Å². The Morgan fingerprint density at radius 2 is 1.79 bits per heavy atom. The van der Waals surface area contributed by atoms with Crippen molar-refractivity contribution in [2.45, 2.75) is 25.9 Å². The van der Waals surface area contributed by atoms with Crippen LogP contribution in [0.4, 0.5) is 14.5 Å². The Balaban J connectivity index is 1.98. The number of carbonyl (C=O) groups is 1. The molecule has 0 saturated heterocycles. The number of benzene rings is 2.